The van der Waals surface area contributed by atoms with Gasteiger partial charge in [0.25, 0.3) is 0 Å². The Morgan fingerprint density at radius 3 is 2.80 bits per heavy atom. The number of nitrogens with zero attached hydrogens (tertiary/aromatic N) is 4. The molecule has 0 saturated carbocycles. The topological polar surface area (TPSA) is 101 Å². The second kappa shape index (κ2) is 3.37. The zero-order valence-corrected chi connectivity index (χ0v) is 7.40. The molecule has 76 valence electrons. The van der Waals surface area contributed by atoms with Crippen molar-refractivity contribution in [1.29, 1.82) is 0 Å². The Balaban J connectivity index is 2.48. The number of hydrogen-bond acceptors (Lipinski definition) is 5. The molecule has 0 aliphatic carbocycles. The van der Waals surface area contributed by atoms with E-state index in [-0.39, 0.29) is 0 Å². The molecule has 0 aromatic carbocycles. The second-order valence-electron chi connectivity index (χ2n) is 2.68. The number of aromatic hydroxyl groups is 1. The number of aromatic nitrogens is 4. The van der Waals surface area contributed by atoms with Gasteiger partial charge in [0, 0.05) is 12.3 Å². The van der Waals surface area contributed by atoms with Crippen molar-refractivity contribution in [2.45, 2.75) is 0 Å². The lowest BCUT2D eigenvalue weighted by Gasteiger charge is -1.96. The average molecular weight is 206 g/mol. The molecule has 0 aliphatic heterocycles. The zero-order valence-electron chi connectivity index (χ0n) is 7.40. The first-order valence-corrected chi connectivity index (χ1v) is 3.97. The summed E-state index contributed by atoms with van der Waals surface area (Å²) in [5.41, 5.74) is -0.409. The van der Waals surface area contributed by atoms with E-state index in [0.717, 1.165) is 0 Å². The Morgan fingerprint density at radius 1 is 1.47 bits per heavy atom. The Morgan fingerprint density at radius 2 is 2.27 bits per heavy atom. The minimum atomic E-state index is -1.29. The molecule has 7 heteroatoms. The summed E-state index contributed by atoms with van der Waals surface area (Å²) in [6.07, 6.45) is 3.96. The summed E-state index contributed by atoms with van der Waals surface area (Å²) in [4.78, 5) is 18.2. The molecule has 0 saturated heterocycles. The van der Waals surface area contributed by atoms with Crippen molar-refractivity contribution in [2.75, 3.05) is 0 Å². The first-order valence-electron chi connectivity index (χ1n) is 3.97. The highest BCUT2D eigenvalue weighted by Gasteiger charge is 2.15. The van der Waals surface area contributed by atoms with Gasteiger partial charge in [-0.1, -0.05) is 0 Å². The fourth-order valence-electron chi connectivity index (χ4n) is 1.05. The molecular formula is C8H6N4O3. The van der Waals surface area contributed by atoms with Crippen molar-refractivity contribution in [1.82, 2.24) is 19.7 Å². The maximum atomic E-state index is 10.6. The van der Waals surface area contributed by atoms with Crippen molar-refractivity contribution >= 4 is 5.97 Å². The molecule has 0 fully saturated rings. The monoisotopic (exact) mass is 206 g/mol. The number of carboxylic acid groups (broad SMARTS) is 1. The molecule has 2 heterocycles. The highest BCUT2D eigenvalue weighted by atomic mass is 16.4. The molecule has 0 unspecified atom stereocenters. The predicted molar refractivity (Wildman–Crippen MR) is 47.8 cm³/mol. The van der Waals surface area contributed by atoms with E-state index in [2.05, 4.69) is 15.1 Å². The zero-order chi connectivity index (χ0) is 10.8. The van der Waals surface area contributed by atoms with Crippen LogP contribution in [-0.2, 0) is 0 Å². The van der Waals surface area contributed by atoms with Gasteiger partial charge in [0.2, 0.25) is 5.69 Å². The maximum Gasteiger partial charge on any atom is 0.360 e. The Kier molecular flexibility index (Phi) is 2.05. The molecule has 2 rings (SSSR count). The van der Waals surface area contributed by atoms with Crippen molar-refractivity contribution in [3.8, 4) is 11.6 Å². The molecule has 0 amide bonds. The van der Waals surface area contributed by atoms with E-state index in [9.17, 15) is 9.90 Å². The van der Waals surface area contributed by atoms with Crippen LogP contribution in [0.4, 0.5) is 0 Å². The summed E-state index contributed by atoms with van der Waals surface area (Å²) >= 11 is 0. The first kappa shape index (κ1) is 9.13. The number of carbonyl (C=O) groups is 1. The van der Waals surface area contributed by atoms with Gasteiger partial charge < -0.3 is 10.2 Å². The summed E-state index contributed by atoms with van der Waals surface area (Å²) < 4.78 is 1.17. The van der Waals surface area contributed by atoms with Crippen LogP contribution in [0.25, 0.3) is 5.82 Å². The van der Waals surface area contributed by atoms with E-state index in [0.29, 0.717) is 5.82 Å². The smallest absolute Gasteiger partial charge is 0.360 e. The number of aromatic carboxylic acids is 1. The first-order chi connectivity index (χ1) is 7.18. The predicted octanol–water partition coefficient (Wildman–Crippen LogP) is 0.0661. The SMILES string of the molecule is O=C(O)c1nn(-c2ccncn2)cc1O. The normalized spacial score (nSPS) is 10.1. The van der Waals surface area contributed by atoms with Gasteiger partial charge >= 0.3 is 5.97 Å². The van der Waals surface area contributed by atoms with Gasteiger partial charge in [0.05, 0.1) is 6.20 Å². The molecular weight excluding hydrogens is 200 g/mol. The molecule has 0 spiro atoms. The summed E-state index contributed by atoms with van der Waals surface area (Å²) in [5, 5.41) is 21.6. The molecule has 2 N–H and O–H groups in total. The summed E-state index contributed by atoms with van der Waals surface area (Å²) in [7, 11) is 0. The summed E-state index contributed by atoms with van der Waals surface area (Å²) in [6.45, 7) is 0. The fourth-order valence-corrected chi connectivity index (χ4v) is 1.05. The number of carboxylic acids is 1. The van der Waals surface area contributed by atoms with Gasteiger partial charge in [0.1, 0.15) is 6.33 Å². The number of rotatable bonds is 2. The van der Waals surface area contributed by atoms with Crippen LogP contribution in [0, 0.1) is 0 Å². The third kappa shape index (κ3) is 1.62. The van der Waals surface area contributed by atoms with E-state index in [4.69, 9.17) is 5.11 Å². The average Bonchev–Trinajstić information content (AvgIpc) is 2.62. The van der Waals surface area contributed by atoms with Crippen LogP contribution < -0.4 is 0 Å². The second-order valence-corrected chi connectivity index (χ2v) is 2.68. The van der Waals surface area contributed by atoms with Gasteiger partial charge in [0.15, 0.2) is 11.6 Å². The summed E-state index contributed by atoms with van der Waals surface area (Å²) in [6, 6.07) is 1.54. The minimum absolute atomic E-state index is 0.382. The van der Waals surface area contributed by atoms with Gasteiger partial charge in [-0.05, 0) is 0 Å². The molecule has 0 bridgehead atoms. The highest BCUT2D eigenvalue weighted by molar-refractivity contribution is 5.88. The molecule has 2 aromatic rings. The lowest BCUT2D eigenvalue weighted by Crippen LogP contribution is -2.02. The van der Waals surface area contributed by atoms with E-state index in [1.807, 2.05) is 0 Å². The Labute approximate surface area is 83.6 Å². The largest absolute Gasteiger partial charge is 0.504 e. The van der Waals surface area contributed by atoms with Crippen LogP contribution in [0.15, 0.2) is 24.8 Å². The minimum Gasteiger partial charge on any atom is -0.504 e. The van der Waals surface area contributed by atoms with Crippen LogP contribution in [0.5, 0.6) is 5.75 Å². The quantitative estimate of drug-likeness (QED) is 0.720. The van der Waals surface area contributed by atoms with Crippen molar-refractivity contribution in [3.05, 3.63) is 30.5 Å². The van der Waals surface area contributed by atoms with Crippen molar-refractivity contribution in [2.24, 2.45) is 0 Å². The van der Waals surface area contributed by atoms with Crippen LogP contribution in [0.1, 0.15) is 10.5 Å². The molecule has 15 heavy (non-hydrogen) atoms. The van der Waals surface area contributed by atoms with Gasteiger partial charge in [-0.2, -0.15) is 5.10 Å². The van der Waals surface area contributed by atoms with Gasteiger partial charge in [-0.3, -0.25) is 0 Å². The summed E-state index contributed by atoms with van der Waals surface area (Å²) in [5.74, 6) is -1.31. The fraction of sp³-hybridized carbons (Fsp3) is 0. The molecule has 0 radical (unpaired) electrons. The van der Waals surface area contributed by atoms with Crippen LogP contribution in [0.2, 0.25) is 0 Å². The molecule has 0 atom stereocenters. The third-order valence-electron chi connectivity index (χ3n) is 1.70. The van der Waals surface area contributed by atoms with Gasteiger partial charge in [-0.25, -0.2) is 19.4 Å². The Bertz CT molecular complexity index is 494. The molecule has 0 aliphatic rings. The van der Waals surface area contributed by atoms with Crippen LogP contribution in [0.3, 0.4) is 0 Å². The molecule has 2 aromatic heterocycles. The van der Waals surface area contributed by atoms with Crippen LogP contribution >= 0.6 is 0 Å². The molecule has 7 nitrogen and oxygen atoms in total. The van der Waals surface area contributed by atoms with E-state index >= 15 is 0 Å². The Hall–Kier alpha value is -2.44. The lowest BCUT2D eigenvalue weighted by atomic mass is 10.4. The van der Waals surface area contributed by atoms with E-state index in [1.165, 1.54) is 29.5 Å². The maximum absolute atomic E-state index is 10.6. The highest BCUT2D eigenvalue weighted by Crippen LogP contribution is 2.16. The third-order valence-corrected chi connectivity index (χ3v) is 1.70. The van der Waals surface area contributed by atoms with Crippen LogP contribution in [-0.4, -0.2) is 35.9 Å². The van der Waals surface area contributed by atoms with Crippen molar-refractivity contribution in [3.63, 3.8) is 0 Å². The van der Waals surface area contributed by atoms with E-state index in [1.54, 1.807) is 0 Å². The van der Waals surface area contributed by atoms with E-state index < -0.39 is 17.4 Å². The standard InChI is InChI=1S/C8H6N4O3/c13-5-3-12(11-7(5)8(14)15)6-1-2-9-4-10-6/h1-4,13H,(H,14,15). The number of hydrogen-bond donors (Lipinski definition) is 2. The van der Waals surface area contributed by atoms with Gasteiger partial charge in [-0.15, -0.1) is 0 Å². The lowest BCUT2D eigenvalue weighted by molar-refractivity contribution is 0.0687. The van der Waals surface area contributed by atoms with Crippen molar-refractivity contribution < 1.29 is 15.0 Å².